The van der Waals surface area contributed by atoms with Crippen molar-refractivity contribution in [1.29, 1.82) is 0 Å². The summed E-state index contributed by atoms with van der Waals surface area (Å²) in [5.41, 5.74) is -0.494. The first-order chi connectivity index (χ1) is 10.9. The van der Waals surface area contributed by atoms with Gasteiger partial charge in [-0.3, -0.25) is 19.1 Å². The summed E-state index contributed by atoms with van der Waals surface area (Å²) >= 11 is 9.24. The molecule has 118 valence electrons. The first-order valence-electron chi connectivity index (χ1n) is 6.53. The normalized spacial score (nSPS) is 11.1. The number of imidazole rings is 1. The molecule has 23 heavy (non-hydrogen) atoms. The second kappa shape index (κ2) is 5.78. The van der Waals surface area contributed by atoms with Gasteiger partial charge in [-0.05, 0) is 28.1 Å². The van der Waals surface area contributed by atoms with Crippen molar-refractivity contribution in [3.05, 3.63) is 60.4 Å². The summed E-state index contributed by atoms with van der Waals surface area (Å²) in [5, 5.41) is 0.333. The fourth-order valence-corrected chi connectivity index (χ4v) is 2.98. The number of H-pyrrole nitrogens is 1. The van der Waals surface area contributed by atoms with E-state index in [1.165, 1.54) is 16.2 Å². The third-order valence-electron chi connectivity index (χ3n) is 3.44. The Kier molecular flexibility index (Phi) is 3.95. The van der Waals surface area contributed by atoms with Crippen LogP contribution in [0.1, 0.15) is 10.4 Å². The van der Waals surface area contributed by atoms with E-state index < -0.39 is 11.2 Å². The summed E-state index contributed by atoms with van der Waals surface area (Å²) in [7, 11) is 1.49. The van der Waals surface area contributed by atoms with Gasteiger partial charge in [0.15, 0.2) is 21.7 Å². The van der Waals surface area contributed by atoms with Gasteiger partial charge in [0.2, 0.25) is 0 Å². The van der Waals surface area contributed by atoms with Gasteiger partial charge < -0.3 is 4.57 Å². The van der Waals surface area contributed by atoms with Crippen LogP contribution in [0.15, 0.2) is 38.6 Å². The molecular formula is C14H10BrClN4O3. The zero-order valence-corrected chi connectivity index (χ0v) is 14.2. The maximum Gasteiger partial charge on any atom is 0.329 e. The average molecular weight is 398 g/mol. The number of carbonyl (C=O) groups is 1. The van der Waals surface area contributed by atoms with Gasteiger partial charge in [0.1, 0.15) is 0 Å². The molecule has 0 unspecified atom stereocenters. The van der Waals surface area contributed by atoms with Crippen molar-refractivity contribution in [2.75, 3.05) is 0 Å². The molecule has 3 rings (SSSR count). The van der Waals surface area contributed by atoms with E-state index in [1.54, 1.807) is 24.3 Å². The molecule has 0 spiro atoms. The number of benzene rings is 1. The van der Waals surface area contributed by atoms with E-state index in [-0.39, 0.29) is 28.2 Å². The number of rotatable bonds is 3. The van der Waals surface area contributed by atoms with Gasteiger partial charge in [0, 0.05) is 12.6 Å². The average Bonchev–Trinajstić information content (AvgIpc) is 2.83. The molecule has 9 heteroatoms. The van der Waals surface area contributed by atoms with Crippen molar-refractivity contribution in [2.45, 2.75) is 6.54 Å². The molecule has 1 aromatic carbocycles. The predicted octanol–water partition coefficient (Wildman–Crippen LogP) is 1.72. The molecule has 0 aliphatic carbocycles. The Balaban J connectivity index is 2.15. The molecule has 0 saturated carbocycles. The molecule has 2 aromatic heterocycles. The molecule has 0 saturated heterocycles. The number of aromatic amines is 1. The van der Waals surface area contributed by atoms with Gasteiger partial charge in [-0.25, -0.2) is 9.78 Å². The third kappa shape index (κ3) is 2.64. The SMILES string of the molecule is Cn1c(=O)[nH]c(=O)c2c1nc(Br)n2CC(=O)c1ccccc1Cl. The van der Waals surface area contributed by atoms with Crippen molar-refractivity contribution in [1.82, 2.24) is 19.1 Å². The first kappa shape index (κ1) is 15.7. The van der Waals surface area contributed by atoms with Crippen LogP contribution in [0.25, 0.3) is 11.2 Å². The van der Waals surface area contributed by atoms with E-state index in [4.69, 9.17) is 11.6 Å². The zero-order chi connectivity index (χ0) is 16.7. The standard InChI is InChI=1S/C14H10BrClN4O3/c1-19-11-10(12(22)18-14(19)23)20(13(15)17-11)6-9(21)7-4-2-3-5-8(7)16/h2-5H,6H2,1H3,(H,18,22,23). The largest absolute Gasteiger partial charge is 0.329 e. The molecular weight excluding hydrogens is 388 g/mol. The van der Waals surface area contributed by atoms with Gasteiger partial charge in [-0.2, -0.15) is 0 Å². The summed E-state index contributed by atoms with van der Waals surface area (Å²) in [6.45, 7) is -0.137. The van der Waals surface area contributed by atoms with Gasteiger partial charge >= 0.3 is 5.69 Å². The molecule has 1 N–H and O–H groups in total. The Morgan fingerprint density at radius 3 is 2.74 bits per heavy atom. The van der Waals surface area contributed by atoms with Gasteiger partial charge in [0.25, 0.3) is 5.56 Å². The number of aryl methyl sites for hydroxylation is 1. The van der Waals surface area contributed by atoms with Crippen LogP contribution in [-0.2, 0) is 13.6 Å². The molecule has 0 aliphatic heterocycles. The quantitative estimate of drug-likeness (QED) is 0.538. The van der Waals surface area contributed by atoms with E-state index in [0.717, 1.165) is 0 Å². The number of nitrogens with one attached hydrogen (secondary N) is 1. The van der Waals surface area contributed by atoms with Crippen LogP contribution in [0.5, 0.6) is 0 Å². The molecule has 2 heterocycles. The lowest BCUT2D eigenvalue weighted by molar-refractivity contribution is 0.0972. The van der Waals surface area contributed by atoms with Crippen LogP contribution >= 0.6 is 27.5 Å². The zero-order valence-electron chi connectivity index (χ0n) is 11.8. The number of aromatic nitrogens is 4. The number of halogens is 2. The molecule has 0 atom stereocenters. The number of hydrogen-bond acceptors (Lipinski definition) is 4. The summed E-state index contributed by atoms with van der Waals surface area (Å²) in [4.78, 5) is 42.5. The van der Waals surface area contributed by atoms with Crippen LogP contribution < -0.4 is 11.2 Å². The number of fused-ring (bicyclic) bond motifs is 1. The topological polar surface area (TPSA) is 89.8 Å². The number of carbonyl (C=O) groups excluding carboxylic acids is 1. The minimum atomic E-state index is -0.603. The lowest BCUT2D eigenvalue weighted by atomic mass is 10.1. The van der Waals surface area contributed by atoms with Crippen molar-refractivity contribution in [2.24, 2.45) is 7.05 Å². The highest BCUT2D eigenvalue weighted by Gasteiger charge is 2.19. The van der Waals surface area contributed by atoms with Crippen molar-refractivity contribution in [3.8, 4) is 0 Å². The smallest absolute Gasteiger partial charge is 0.305 e. The van der Waals surface area contributed by atoms with Crippen molar-refractivity contribution in [3.63, 3.8) is 0 Å². The van der Waals surface area contributed by atoms with Crippen molar-refractivity contribution >= 4 is 44.5 Å². The highest BCUT2D eigenvalue weighted by molar-refractivity contribution is 9.10. The second-order valence-electron chi connectivity index (χ2n) is 4.86. The van der Waals surface area contributed by atoms with Crippen LogP contribution in [0.2, 0.25) is 5.02 Å². The Morgan fingerprint density at radius 2 is 2.04 bits per heavy atom. The maximum absolute atomic E-state index is 12.5. The van der Waals surface area contributed by atoms with Crippen LogP contribution in [0.3, 0.4) is 0 Å². The van der Waals surface area contributed by atoms with E-state index in [9.17, 15) is 14.4 Å². The molecule has 0 radical (unpaired) electrons. The lowest BCUT2D eigenvalue weighted by Gasteiger charge is -2.06. The first-order valence-corrected chi connectivity index (χ1v) is 7.70. The summed E-state index contributed by atoms with van der Waals surface area (Å²) in [5.74, 6) is -0.274. The maximum atomic E-state index is 12.5. The lowest BCUT2D eigenvalue weighted by Crippen LogP contribution is -2.29. The minimum absolute atomic E-state index is 0.137. The monoisotopic (exact) mass is 396 g/mol. The van der Waals surface area contributed by atoms with Crippen LogP contribution in [0.4, 0.5) is 0 Å². The Labute approximate surface area is 142 Å². The summed E-state index contributed by atoms with van der Waals surface area (Å²) < 4.78 is 2.89. The summed E-state index contributed by atoms with van der Waals surface area (Å²) in [6, 6.07) is 6.66. The Hall–Kier alpha value is -2.19. The van der Waals surface area contributed by atoms with Gasteiger partial charge in [-0.1, -0.05) is 23.7 Å². The fraction of sp³-hybridized carbons (Fsp3) is 0.143. The molecule has 7 nitrogen and oxygen atoms in total. The third-order valence-corrected chi connectivity index (χ3v) is 4.37. The highest BCUT2D eigenvalue weighted by atomic mass is 79.9. The number of hydrogen-bond donors (Lipinski definition) is 1. The number of nitrogens with zero attached hydrogens (tertiary/aromatic N) is 3. The van der Waals surface area contributed by atoms with E-state index in [1.807, 2.05) is 0 Å². The molecule has 0 aliphatic rings. The summed E-state index contributed by atoms with van der Waals surface area (Å²) in [6.07, 6.45) is 0. The second-order valence-corrected chi connectivity index (χ2v) is 5.98. The van der Waals surface area contributed by atoms with E-state index >= 15 is 0 Å². The van der Waals surface area contributed by atoms with Crippen LogP contribution in [0, 0.1) is 0 Å². The van der Waals surface area contributed by atoms with E-state index in [2.05, 4.69) is 25.9 Å². The predicted molar refractivity (Wildman–Crippen MR) is 89.1 cm³/mol. The molecule has 3 aromatic rings. The molecule has 0 bridgehead atoms. The minimum Gasteiger partial charge on any atom is -0.305 e. The van der Waals surface area contributed by atoms with Crippen molar-refractivity contribution < 1.29 is 4.79 Å². The number of ketones is 1. The van der Waals surface area contributed by atoms with Gasteiger partial charge in [0.05, 0.1) is 11.6 Å². The Bertz CT molecular complexity index is 1050. The molecule has 0 amide bonds. The Morgan fingerprint density at radius 1 is 1.35 bits per heavy atom. The van der Waals surface area contributed by atoms with E-state index in [0.29, 0.717) is 10.6 Å². The molecule has 0 fully saturated rings. The van der Waals surface area contributed by atoms with Gasteiger partial charge in [-0.15, -0.1) is 0 Å². The number of Topliss-reactive ketones (excluding diaryl/α,β-unsaturated/α-hetero) is 1. The van der Waals surface area contributed by atoms with Crippen LogP contribution in [-0.4, -0.2) is 24.9 Å². The fourth-order valence-electron chi connectivity index (χ4n) is 2.27. The highest BCUT2D eigenvalue weighted by Crippen LogP contribution is 2.20.